The number of aliphatic hydroxyl groups excluding tert-OH is 1. The lowest BCUT2D eigenvalue weighted by molar-refractivity contribution is -0.361. The van der Waals surface area contributed by atoms with Gasteiger partial charge in [-0.05, 0) is 56.9 Å². The zero-order valence-corrected chi connectivity index (χ0v) is 24.5. The van der Waals surface area contributed by atoms with Crippen LogP contribution < -0.4 is 0 Å². The van der Waals surface area contributed by atoms with E-state index in [0.717, 1.165) is 12.0 Å². The van der Waals surface area contributed by atoms with Crippen LogP contribution in [0.15, 0.2) is 72.3 Å². The first-order valence-corrected chi connectivity index (χ1v) is 14.7. The van der Waals surface area contributed by atoms with Gasteiger partial charge in [-0.3, -0.25) is 4.79 Å². The summed E-state index contributed by atoms with van der Waals surface area (Å²) < 4.78 is 24.9. The average Bonchev–Trinajstić information content (AvgIpc) is 3.34. The summed E-state index contributed by atoms with van der Waals surface area (Å²) >= 11 is 0. The second-order valence-corrected chi connectivity index (χ2v) is 12.9. The van der Waals surface area contributed by atoms with Gasteiger partial charge in [-0.25, -0.2) is 9.59 Å². The van der Waals surface area contributed by atoms with Crippen LogP contribution >= 0.6 is 0 Å². The summed E-state index contributed by atoms with van der Waals surface area (Å²) in [6.07, 6.45) is 0.815. The molecule has 0 unspecified atom stereocenters. The fraction of sp³-hybridized carbons (Fsp3) is 0.500. The van der Waals surface area contributed by atoms with Gasteiger partial charge in [0.05, 0.1) is 17.5 Å². The summed E-state index contributed by atoms with van der Waals surface area (Å²) in [7, 11) is 0. The van der Waals surface area contributed by atoms with Gasteiger partial charge in [-0.15, -0.1) is 0 Å². The highest BCUT2D eigenvalue weighted by Crippen LogP contribution is 2.68. The van der Waals surface area contributed by atoms with Gasteiger partial charge in [0.2, 0.25) is 0 Å². The number of benzene rings is 2. The number of hydrogen-bond acceptors (Lipinski definition) is 8. The van der Waals surface area contributed by atoms with Gasteiger partial charge in [0.15, 0.2) is 0 Å². The van der Waals surface area contributed by atoms with Gasteiger partial charge in [-0.2, -0.15) is 0 Å². The summed E-state index contributed by atoms with van der Waals surface area (Å²) in [6, 6.07) is 17.5. The number of esters is 3. The molecule has 0 bridgehead atoms. The number of hydrogen-bond donors (Lipinski definition) is 1. The van der Waals surface area contributed by atoms with Crippen LogP contribution in [0.3, 0.4) is 0 Å². The Labute approximate surface area is 246 Å². The van der Waals surface area contributed by atoms with Gasteiger partial charge < -0.3 is 24.1 Å². The van der Waals surface area contributed by atoms with Gasteiger partial charge >= 0.3 is 17.9 Å². The van der Waals surface area contributed by atoms with E-state index in [2.05, 4.69) is 6.08 Å². The zero-order chi connectivity index (χ0) is 29.9. The molecule has 0 amide bonds. The molecule has 1 saturated carbocycles. The van der Waals surface area contributed by atoms with E-state index in [0.29, 0.717) is 17.5 Å². The predicted octanol–water partition coefficient (Wildman–Crippen LogP) is 5.05. The normalized spacial score (nSPS) is 39.0. The van der Waals surface area contributed by atoms with Crippen molar-refractivity contribution in [2.24, 2.45) is 16.7 Å². The summed E-state index contributed by atoms with van der Waals surface area (Å²) in [5.41, 5.74) is -2.39. The Morgan fingerprint density at radius 3 is 2.10 bits per heavy atom. The number of ether oxygens (including phenoxy) is 4. The number of rotatable bonds is 4. The molecule has 2 aromatic carbocycles. The first kappa shape index (κ1) is 28.6. The molecule has 8 nitrogen and oxygen atoms in total. The smallest absolute Gasteiger partial charge is 0.338 e. The van der Waals surface area contributed by atoms with Gasteiger partial charge in [0.1, 0.15) is 36.1 Å². The fourth-order valence-electron chi connectivity index (χ4n) is 8.30. The van der Waals surface area contributed by atoms with E-state index in [9.17, 15) is 19.5 Å². The van der Waals surface area contributed by atoms with Crippen LogP contribution in [-0.4, -0.2) is 59.1 Å². The Bertz CT molecular complexity index is 1420. The molecule has 8 atom stereocenters. The van der Waals surface area contributed by atoms with E-state index in [1.807, 2.05) is 32.9 Å². The summed E-state index contributed by atoms with van der Waals surface area (Å²) in [5, 5.41) is 12.4. The van der Waals surface area contributed by atoms with Gasteiger partial charge in [0, 0.05) is 17.3 Å². The fourth-order valence-corrected chi connectivity index (χ4v) is 8.30. The van der Waals surface area contributed by atoms with Crippen LogP contribution in [0.25, 0.3) is 0 Å². The quantitative estimate of drug-likeness (QED) is 0.307. The minimum atomic E-state index is -1.37. The molecule has 8 heteroatoms. The number of carbonyl (C=O) groups excluding carboxylic acids is 3. The maximum absolute atomic E-state index is 13.5. The van der Waals surface area contributed by atoms with Crippen molar-refractivity contribution < 1.29 is 38.4 Å². The Kier molecular flexibility index (Phi) is 6.85. The van der Waals surface area contributed by atoms with E-state index in [1.54, 1.807) is 55.5 Å². The third-order valence-electron chi connectivity index (χ3n) is 10.8. The Morgan fingerprint density at radius 2 is 1.52 bits per heavy atom. The topological polar surface area (TPSA) is 108 Å². The van der Waals surface area contributed by atoms with Gasteiger partial charge in [-0.1, -0.05) is 61.9 Å². The van der Waals surface area contributed by atoms with Gasteiger partial charge in [0.25, 0.3) is 0 Å². The highest BCUT2D eigenvalue weighted by atomic mass is 16.6. The standard InChI is InChI=1S/C34H38O8/c1-21-12-11-17-24-31(21,2)28(41-30(38)23-15-9-6-10-16-23)27(36)33(4)32(24,3)25(18-34(42-33)19-26(35)39-20-34)40-29(37)22-13-7-5-8-14-22/h5-10,12-16,24-25,27-28,36H,11,17-20H2,1-4H3/t24-,25-,27-,28-,31-,32-,33-,34-/m0/s1. The van der Waals surface area contributed by atoms with Crippen LogP contribution in [0.4, 0.5) is 0 Å². The van der Waals surface area contributed by atoms with Crippen LogP contribution in [0.1, 0.15) is 74.1 Å². The van der Waals surface area contributed by atoms with E-state index in [1.165, 1.54) is 0 Å². The SMILES string of the molecule is CC1=CCC[C@H]2[C@@]1(C)[C@@H](OC(=O)c1ccccc1)[C@H](O)[C@]1(C)O[C@@]3(COC(=O)C3)C[C@H](OC(=O)c3ccccc3)[C@]21C. The lowest BCUT2D eigenvalue weighted by Gasteiger charge is -2.70. The maximum atomic E-state index is 13.5. The number of fused-ring (bicyclic) bond motifs is 3. The van der Waals surface area contributed by atoms with Crippen molar-refractivity contribution in [2.45, 2.75) is 82.9 Å². The van der Waals surface area contributed by atoms with E-state index in [-0.39, 0.29) is 25.4 Å². The minimum Gasteiger partial charge on any atom is -0.462 e. The molecule has 1 N–H and O–H groups in total. The first-order valence-electron chi connectivity index (χ1n) is 14.7. The van der Waals surface area contributed by atoms with E-state index >= 15 is 0 Å². The molecule has 3 fully saturated rings. The summed E-state index contributed by atoms with van der Waals surface area (Å²) in [6.45, 7) is 7.84. The maximum Gasteiger partial charge on any atom is 0.338 e. The second kappa shape index (κ2) is 10.1. The third kappa shape index (κ3) is 4.14. The van der Waals surface area contributed by atoms with Crippen molar-refractivity contribution in [3.05, 3.63) is 83.4 Å². The molecular formula is C34H38O8. The van der Waals surface area contributed by atoms with Crippen molar-refractivity contribution in [1.82, 2.24) is 0 Å². The van der Waals surface area contributed by atoms with E-state index < -0.39 is 58.3 Å². The molecule has 42 heavy (non-hydrogen) atoms. The molecule has 2 heterocycles. The molecule has 2 saturated heterocycles. The van der Waals surface area contributed by atoms with E-state index in [4.69, 9.17) is 18.9 Å². The number of allylic oxidation sites excluding steroid dienone is 1. The minimum absolute atomic E-state index is 0.0149. The molecule has 0 radical (unpaired) electrons. The highest BCUT2D eigenvalue weighted by Gasteiger charge is 2.76. The van der Waals surface area contributed by atoms with Crippen LogP contribution in [0.5, 0.6) is 0 Å². The molecule has 222 valence electrons. The molecule has 6 rings (SSSR count). The molecule has 4 aliphatic rings. The van der Waals surface area contributed by atoms with Crippen molar-refractivity contribution >= 4 is 17.9 Å². The predicted molar refractivity (Wildman–Crippen MR) is 152 cm³/mol. The Morgan fingerprint density at radius 1 is 0.929 bits per heavy atom. The average molecular weight is 575 g/mol. The van der Waals surface area contributed by atoms with Crippen molar-refractivity contribution in [3.8, 4) is 0 Å². The molecule has 2 aromatic rings. The molecule has 2 aliphatic heterocycles. The Balaban J connectivity index is 1.47. The summed E-state index contributed by atoms with van der Waals surface area (Å²) in [5.74, 6) is -1.64. The second-order valence-electron chi connectivity index (χ2n) is 12.9. The molecular weight excluding hydrogens is 536 g/mol. The van der Waals surface area contributed by atoms with Crippen molar-refractivity contribution in [1.29, 1.82) is 0 Å². The van der Waals surface area contributed by atoms with Crippen molar-refractivity contribution in [3.63, 3.8) is 0 Å². The zero-order valence-electron chi connectivity index (χ0n) is 24.5. The lowest BCUT2D eigenvalue weighted by atomic mass is 9.41. The number of carbonyl (C=O) groups is 3. The monoisotopic (exact) mass is 574 g/mol. The van der Waals surface area contributed by atoms with Crippen molar-refractivity contribution in [2.75, 3.05) is 6.61 Å². The third-order valence-corrected chi connectivity index (χ3v) is 10.8. The first-order chi connectivity index (χ1) is 19.9. The number of aliphatic hydroxyl groups is 1. The van der Waals surface area contributed by atoms with Crippen LogP contribution in [0, 0.1) is 16.7 Å². The molecule has 2 aliphatic carbocycles. The largest absolute Gasteiger partial charge is 0.462 e. The highest BCUT2D eigenvalue weighted by molar-refractivity contribution is 5.90. The lowest BCUT2D eigenvalue weighted by Crippen LogP contribution is -2.79. The number of cyclic esters (lactones) is 1. The Hall–Kier alpha value is -3.49. The summed E-state index contributed by atoms with van der Waals surface area (Å²) in [4.78, 5) is 39.4. The molecule has 0 aromatic heterocycles. The van der Waals surface area contributed by atoms with Crippen LogP contribution in [-0.2, 0) is 23.7 Å². The van der Waals surface area contributed by atoms with Crippen LogP contribution in [0.2, 0.25) is 0 Å². The molecule has 1 spiro atoms.